The first-order valence-electron chi connectivity index (χ1n) is 9.35. The van der Waals surface area contributed by atoms with Crippen molar-refractivity contribution < 1.29 is 4.74 Å². The highest BCUT2D eigenvalue weighted by Crippen LogP contribution is 2.37. The van der Waals surface area contributed by atoms with Crippen LogP contribution in [0, 0.1) is 18.3 Å². The van der Waals surface area contributed by atoms with E-state index in [0.29, 0.717) is 29.4 Å². The van der Waals surface area contributed by atoms with Gasteiger partial charge in [-0.1, -0.05) is 0 Å². The van der Waals surface area contributed by atoms with E-state index < -0.39 is 0 Å². The molecule has 0 radical (unpaired) electrons. The number of hydrogen-bond donors (Lipinski definition) is 2. The monoisotopic (exact) mass is 383 g/mol. The highest BCUT2D eigenvalue weighted by Gasteiger charge is 2.31. The Labute approximate surface area is 160 Å². The lowest BCUT2D eigenvalue weighted by Gasteiger charge is -2.13. The Morgan fingerprint density at radius 2 is 1.96 bits per heavy atom. The predicted molar refractivity (Wildman–Crippen MR) is 103 cm³/mol. The van der Waals surface area contributed by atoms with Crippen LogP contribution in [-0.2, 0) is 6.42 Å². The molecule has 138 valence electrons. The highest BCUT2D eigenvalue weighted by molar-refractivity contribution is 6.18. The summed E-state index contributed by atoms with van der Waals surface area (Å²) < 4.78 is 8.20. The lowest BCUT2D eigenvalue weighted by Crippen LogP contribution is -2.38. The van der Waals surface area contributed by atoms with E-state index in [-0.39, 0.29) is 6.10 Å². The molecule has 8 heteroatoms. The summed E-state index contributed by atoms with van der Waals surface area (Å²) in [5.41, 5.74) is 3.79. The molecule has 0 amide bonds. The Kier molecular flexibility index (Phi) is 3.83. The maximum absolute atomic E-state index is 10.1. The highest BCUT2D eigenvalue weighted by atomic mass is 35.5. The number of aromatic amines is 2. The van der Waals surface area contributed by atoms with Crippen molar-refractivity contribution >= 4 is 33.7 Å². The van der Waals surface area contributed by atoms with Crippen LogP contribution in [-0.4, -0.2) is 45.0 Å². The number of hydrogen-bond acceptors (Lipinski definition) is 4. The van der Waals surface area contributed by atoms with Crippen molar-refractivity contribution in [1.82, 2.24) is 24.5 Å². The predicted octanol–water partition coefficient (Wildman–Crippen LogP) is 2.12. The summed E-state index contributed by atoms with van der Waals surface area (Å²) in [6.07, 6.45) is 4.04. The van der Waals surface area contributed by atoms with Crippen LogP contribution in [0.2, 0.25) is 0 Å². The normalized spacial score (nSPS) is 19.3. The second-order valence-electron chi connectivity index (χ2n) is 7.27. The fourth-order valence-corrected chi connectivity index (χ4v) is 4.44. The fourth-order valence-electron chi connectivity index (χ4n) is 4.26. The first-order chi connectivity index (χ1) is 13.2. The Balaban J connectivity index is 1.97. The zero-order valence-corrected chi connectivity index (χ0v) is 15.9. The van der Waals surface area contributed by atoms with Gasteiger partial charge in [-0.2, -0.15) is 5.26 Å². The minimum atomic E-state index is -0.100. The summed E-state index contributed by atoms with van der Waals surface area (Å²) in [5, 5.41) is 11.8. The van der Waals surface area contributed by atoms with Crippen LogP contribution in [0.3, 0.4) is 0 Å². The lowest BCUT2D eigenvalue weighted by molar-refractivity contribution is 0.250. The molecule has 0 aliphatic carbocycles. The number of nitrogens with zero attached hydrogens (tertiary/aromatic N) is 4. The molecule has 2 N–H and O–H groups in total. The number of aryl methyl sites for hydroxylation is 1. The SMILES string of the molecule is Cc1nc2[nH]c3c(c4c(C#N)c(=[N+]5CCCCC5)nc([nH]1)c24)C[C@@H](CCl)O3. The van der Waals surface area contributed by atoms with Crippen molar-refractivity contribution in [2.45, 2.75) is 38.7 Å². The van der Waals surface area contributed by atoms with Gasteiger partial charge in [-0.3, -0.25) is 4.58 Å². The van der Waals surface area contributed by atoms with Crippen LogP contribution in [0.1, 0.15) is 36.2 Å². The standard InChI is InChI=1S/C19H19ClN6O/c1-10-22-16-15-14(12-7-11(8-20)27-19(12)25-17(15)23-10)13(9-21)18(24-16)26-5-3-2-4-6-26/h11H,2-8H2,1H3,(H,22,23,24,25)/p+1/t11-/m0/s1. The van der Waals surface area contributed by atoms with E-state index in [0.717, 1.165) is 59.2 Å². The number of fused-ring (bicyclic) bond motifs is 2. The summed E-state index contributed by atoms with van der Waals surface area (Å²) in [7, 11) is 0. The number of piperidine rings is 1. The summed E-state index contributed by atoms with van der Waals surface area (Å²) >= 11 is 6.05. The number of nitrogens with one attached hydrogen (secondary N) is 2. The minimum Gasteiger partial charge on any atom is -0.474 e. The molecule has 0 unspecified atom stereocenters. The van der Waals surface area contributed by atoms with Crippen LogP contribution in [0.4, 0.5) is 0 Å². The maximum atomic E-state index is 10.1. The van der Waals surface area contributed by atoms with E-state index in [1.807, 2.05) is 6.92 Å². The van der Waals surface area contributed by atoms with Crippen molar-refractivity contribution in [2.24, 2.45) is 0 Å². The van der Waals surface area contributed by atoms with Gasteiger partial charge >= 0.3 is 5.49 Å². The molecule has 2 aliphatic heterocycles. The smallest absolute Gasteiger partial charge is 0.339 e. The molecule has 5 heterocycles. The molecule has 1 fully saturated rings. The average Bonchev–Trinajstić information content (AvgIpc) is 3.11. The van der Waals surface area contributed by atoms with E-state index in [1.165, 1.54) is 6.42 Å². The molecule has 0 aromatic carbocycles. The van der Waals surface area contributed by atoms with Gasteiger partial charge in [-0.15, -0.1) is 11.6 Å². The molecular weight excluding hydrogens is 364 g/mol. The molecule has 0 bridgehead atoms. The Morgan fingerprint density at radius 1 is 1.19 bits per heavy atom. The first-order valence-corrected chi connectivity index (χ1v) is 9.89. The number of pyridine rings is 2. The van der Waals surface area contributed by atoms with Crippen LogP contribution in [0.25, 0.3) is 22.1 Å². The molecule has 5 rings (SSSR count). The van der Waals surface area contributed by atoms with E-state index in [9.17, 15) is 5.26 Å². The number of ether oxygens (including phenoxy) is 1. The number of alkyl halides is 1. The minimum absolute atomic E-state index is 0.100. The number of nitriles is 1. The third-order valence-electron chi connectivity index (χ3n) is 5.46. The molecule has 1 atom stereocenters. The second-order valence-corrected chi connectivity index (χ2v) is 7.58. The van der Waals surface area contributed by atoms with Crippen molar-refractivity contribution in [3.8, 4) is 11.9 Å². The van der Waals surface area contributed by atoms with Crippen molar-refractivity contribution in [1.29, 1.82) is 5.26 Å². The summed E-state index contributed by atoms with van der Waals surface area (Å²) in [6, 6.07) is 2.43. The van der Waals surface area contributed by atoms with Gasteiger partial charge in [0.2, 0.25) is 0 Å². The van der Waals surface area contributed by atoms with Gasteiger partial charge in [-0.25, -0.2) is 4.98 Å². The Hall–Kier alpha value is -2.59. The number of H-pyrrole nitrogens is 2. The zero-order chi connectivity index (χ0) is 18.5. The summed E-state index contributed by atoms with van der Waals surface area (Å²) in [4.78, 5) is 16.0. The number of aromatic nitrogens is 4. The quantitative estimate of drug-likeness (QED) is 0.497. The van der Waals surface area contributed by atoms with Gasteiger partial charge < -0.3 is 14.7 Å². The molecule has 3 aromatic heterocycles. The molecular formula is C19H20ClN6O+. The van der Waals surface area contributed by atoms with Crippen molar-refractivity contribution in [2.75, 3.05) is 19.0 Å². The Bertz CT molecular complexity index is 1180. The third-order valence-corrected chi connectivity index (χ3v) is 5.80. The summed E-state index contributed by atoms with van der Waals surface area (Å²) in [6.45, 7) is 3.75. The van der Waals surface area contributed by atoms with E-state index in [2.05, 4.69) is 25.6 Å². The summed E-state index contributed by atoms with van der Waals surface area (Å²) in [5.74, 6) is 1.83. The number of rotatable bonds is 1. The van der Waals surface area contributed by atoms with Gasteiger partial charge in [0.1, 0.15) is 23.6 Å². The third kappa shape index (κ3) is 2.51. The van der Waals surface area contributed by atoms with Gasteiger partial charge in [-0.05, 0) is 31.2 Å². The molecule has 7 nitrogen and oxygen atoms in total. The molecule has 27 heavy (non-hydrogen) atoms. The fraction of sp³-hybridized carbons (Fsp3) is 0.474. The van der Waals surface area contributed by atoms with Crippen LogP contribution < -0.4 is 14.8 Å². The molecule has 3 aromatic rings. The zero-order valence-electron chi connectivity index (χ0n) is 15.1. The average molecular weight is 384 g/mol. The van der Waals surface area contributed by atoms with Crippen LogP contribution >= 0.6 is 11.6 Å². The van der Waals surface area contributed by atoms with Gasteiger partial charge in [0, 0.05) is 17.4 Å². The first kappa shape index (κ1) is 16.6. The van der Waals surface area contributed by atoms with Gasteiger partial charge in [0.25, 0.3) is 5.65 Å². The van der Waals surface area contributed by atoms with Gasteiger partial charge in [0.05, 0.1) is 24.4 Å². The lowest BCUT2D eigenvalue weighted by atomic mass is 10.00. The van der Waals surface area contributed by atoms with Crippen molar-refractivity contribution in [3.05, 3.63) is 22.4 Å². The van der Waals surface area contributed by atoms with E-state index in [4.69, 9.17) is 21.3 Å². The van der Waals surface area contributed by atoms with E-state index in [1.54, 1.807) is 0 Å². The Morgan fingerprint density at radius 3 is 2.70 bits per heavy atom. The van der Waals surface area contributed by atoms with E-state index >= 15 is 0 Å². The topological polar surface area (TPSA) is 93.4 Å². The largest absolute Gasteiger partial charge is 0.474 e. The second kappa shape index (κ2) is 6.24. The molecule has 0 spiro atoms. The maximum Gasteiger partial charge on any atom is 0.339 e. The molecule has 2 aliphatic rings. The van der Waals surface area contributed by atoms with Crippen LogP contribution in [0.15, 0.2) is 0 Å². The molecule has 1 saturated heterocycles. The van der Waals surface area contributed by atoms with Gasteiger partial charge in [0.15, 0.2) is 11.4 Å². The van der Waals surface area contributed by atoms with Crippen LogP contribution in [0.5, 0.6) is 5.88 Å². The molecule has 0 saturated carbocycles. The number of halogens is 1. The van der Waals surface area contributed by atoms with Crippen molar-refractivity contribution in [3.63, 3.8) is 0 Å².